The highest BCUT2D eigenvalue weighted by atomic mass is 32.2. The number of piperidine rings is 1. The number of benzene rings is 1. The highest BCUT2D eigenvalue weighted by Gasteiger charge is 2.34. The average molecular weight is 495 g/mol. The molecule has 33 heavy (non-hydrogen) atoms. The van der Waals surface area contributed by atoms with Crippen LogP contribution in [0.1, 0.15) is 44.7 Å². The number of hydrogen-bond donors (Lipinski definition) is 1. The quantitative estimate of drug-likeness (QED) is 0.537. The number of thiophene rings is 1. The third-order valence-corrected chi connectivity index (χ3v) is 8.65. The normalized spacial score (nSPS) is 18.0. The highest BCUT2D eigenvalue weighted by molar-refractivity contribution is 7.91. The van der Waals surface area contributed by atoms with Gasteiger partial charge in [0.15, 0.2) is 0 Å². The highest BCUT2D eigenvalue weighted by Crippen LogP contribution is 2.28. The van der Waals surface area contributed by atoms with Crippen LogP contribution in [0.5, 0.6) is 5.75 Å². The number of carbonyl (C=O) groups excluding carboxylic acids is 2. The SMILES string of the molecule is COc1ccc(C(CC(=O)OC(C)C)NC(=O)C2CCCN(S(=O)(=O)c3cccs3)C2)cc1. The van der Waals surface area contributed by atoms with Crippen LogP contribution in [-0.2, 0) is 24.3 Å². The van der Waals surface area contributed by atoms with E-state index in [2.05, 4.69) is 5.32 Å². The molecule has 0 saturated carbocycles. The molecule has 2 atom stereocenters. The van der Waals surface area contributed by atoms with Crippen LogP contribution in [0.25, 0.3) is 0 Å². The molecule has 1 aromatic heterocycles. The Hall–Kier alpha value is -2.43. The van der Waals surface area contributed by atoms with Crippen molar-refractivity contribution in [3.8, 4) is 5.75 Å². The summed E-state index contributed by atoms with van der Waals surface area (Å²) in [5.74, 6) is -0.540. The Morgan fingerprint density at radius 1 is 1.21 bits per heavy atom. The lowest BCUT2D eigenvalue weighted by atomic mass is 9.96. The van der Waals surface area contributed by atoms with Gasteiger partial charge in [-0.2, -0.15) is 4.31 Å². The van der Waals surface area contributed by atoms with Gasteiger partial charge in [0, 0.05) is 13.1 Å². The Morgan fingerprint density at radius 2 is 1.94 bits per heavy atom. The van der Waals surface area contributed by atoms with E-state index in [9.17, 15) is 18.0 Å². The van der Waals surface area contributed by atoms with Gasteiger partial charge in [0.25, 0.3) is 10.0 Å². The van der Waals surface area contributed by atoms with Crippen molar-refractivity contribution in [1.29, 1.82) is 0 Å². The maximum atomic E-state index is 13.2. The van der Waals surface area contributed by atoms with E-state index >= 15 is 0 Å². The number of hydrogen-bond acceptors (Lipinski definition) is 7. The van der Waals surface area contributed by atoms with Crippen LogP contribution in [0, 0.1) is 5.92 Å². The monoisotopic (exact) mass is 494 g/mol. The zero-order valence-corrected chi connectivity index (χ0v) is 20.7. The Kier molecular flexibility index (Phi) is 8.50. The molecule has 10 heteroatoms. The first-order valence-electron chi connectivity index (χ1n) is 10.9. The van der Waals surface area contributed by atoms with Crippen LogP contribution in [-0.4, -0.2) is 50.9 Å². The molecule has 0 radical (unpaired) electrons. The number of rotatable bonds is 9. The molecule has 0 spiro atoms. The Morgan fingerprint density at radius 3 is 2.55 bits per heavy atom. The number of ether oxygens (including phenoxy) is 2. The molecule has 1 aliphatic heterocycles. The molecule has 1 fully saturated rings. The van der Waals surface area contributed by atoms with Crippen molar-refractivity contribution < 1.29 is 27.5 Å². The molecule has 2 aromatic rings. The minimum atomic E-state index is -3.62. The smallest absolute Gasteiger partial charge is 0.308 e. The van der Waals surface area contributed by atoms with Gasteiger partial charge in [-0.05, 0) is 55.8 Å². The number of methoxy groups -OCH3 is 1. The van der Waals surface area contributed by atoms with E-state index in [1.165, 1.54) is 4.31 Å². The molecule has 1 saturated heterocycles. The van der Waals surface area contributed by atoms with E-state index in [-0.39, 0.29) is 29.2 Å². The summed E-state index contributed by atoms with van der Waals surface area (Å²) in [5.41, 5.74) is 0.740. The second kappa shape index (κ2) is 11.1. The summed E-state index contributed by atoms with van der Waals surface area (Å²) in [6.07, 6.45) is 0.874. The first-order chi connectivity index (χ1) is 15.7. The number of carbonyl (C=O) groups is 2. The largest absolute Gasteiger partial charge is 0.497 e. The number of esters is 1. The Balaban J connectivity index is 1.74. The summed E-state index contributed by atoms with van der Waals surface area (Å²) in [6.45, 7) is 4.03. The van der Waals surface area contributed by atoms with Gasteiger partial charge in [0.1, 0.15) is 9.96 Å². The first kappa shape index (κ1) is 25.2. The minimum Gasteiger partial charge on any atom is -0.497 e. The van der Waals surface area contributed by atoms with E-state index in [1.54, 1.807) is 62.7 Å². The van der Waals surface area contributed by atoms with Crippen molar-refractivity contribution in [2.24, 2.45) is 5.92 Å². The third kappa shape index (κ3) is 6.55. The molecular formula is C23H30N2O6S2. The lowest BCUT2D eigenvalue weighted by Crippen LogP contribution is -2.46. The number of amides is 1. The van der Waals surface area contributed by atoms with Gasteiger partial charge < -0.3 is 14.8 Å². The van der Waals surface area contributed by atoms with E-state index in [4.69, 9.17) is 9.47 Å². The maximum Gasteiger partial charge on any atom is 0.308 e. The Labute approximate surface area is 198 Å². The predicted octanol–water partition coefficient (Wildman–Crippen LogP) is 3.36. The van der Waals surface area contributed by atoms with Crippen LogP contribution in [0.3, 0.4) is 0 Å². The first-order valence-corrected chi connectivity index (χ1v) is 13.2. The van der Waals surface area contributed by atoms with Crippen LogP contribution >= 0.6 is 11.3 Å². The van der Waals surface area contributed by atoms with Crippen molar-refractivity contribution in [3.05, 3.63) is 47.3 Å². The fraction of sp³-hybridized carbons (Fsp3) is 0.478. The fourth-order valence-corrected chi connectivity index (χ4v) is 6.44. The number of sulfonamides is 1. The van der Waals surface area contributed by atoms with Crippen LogP contribution < -0.4 is 10.1 Å². The number of nitrogens with zero attached hydrogens (tertiary/aromatic N) is 1. The molecule has 2 heterocycles. The molecule has 1 amide bonds. The lowest BCUT2D eigenvalue weighted by Gasteiger charge is -2.32. The van der Waals surface area contributed by atoms with Crippen LogP contribution in [0.4, 0.5) is 0 Å². The molecule has 2 unspecified atom stereocenters. The predicted molar refractivity (Wildman–Crippen MR) is 126 cm³/mol. The van der Waals surface area contributed by atoms with Crippen molar-refractivity contribution in [1.82, 2.24) is 9.62 Å². The molecule has 1 N–H and O–H groups in total. The molecular weight excluding hydrogens is 464 g/mol. The molecule has 0 bridgehead atoms. The van der Waals surface area contributed by atoms with Gasteiger partial charge in [0.2, 0.25) is 5.91 Å². The summed E-state index contributed by atoms with van der Waals surface area (Å²) >= 11 is 1.16. The van der Waals surface area contributed by atoms with Gasteiger partial charge in [-0.1, -0.05) is 18.2 Å². The molecule has 3 rings (SSSR count). The third-order valence-electron chi connectivity index (χ3n) is 5.42. The van der Waals surface area contributed by atoms with Gasteiger partial charge in [-0.15, -0.1) is 11.3 Å². The minimum absolute atomic E-state index is 0.0276. The topological polar surface area (TPSA) is 102 Å². The van der Waals surface area contributed by atoms with E-state index < -0.39 is 28.0 Å². The lowest BCUT2D eigenvalue weighted by molar-refractivity contribution is -0.148. The van der Waals surface area contributed by atoms with E-state index in [0.717, 1.165) is 16.9 Å². The van der Waals surface area contributed by atoms with Crippen molar-refractivity contribution in [2.75, 3.05) is 20.2 Å². The summed E-state index contributed by atoms with van der Waals surface area (Å²) in [5, 5.41) is 4.67. The summed E-state index contributed by atoms with van der Waals surface area (Å²) < 4.78 is 37.9. The standard InChI is InChI=1S/C23H30N2O6S2/c1-16(2)31-21(26)14-20(17-8-10-19(30-3)11-9-17)24-23(27)18-6-4-12-25(15-18)33(28,29)22-7-5-13-32-22/h5,7-11,13,16,18,20H,4,6,12,14-15H2,1-3H3,(H,24,27). The zero-order chi connectivity index (χ0) is 24.0. The van der Waals surface area contributed by atoms with Gasteiger partial charge in [-0.25, -0.2) is 8.42 Å². The molecule has 1 aromatic carbocycles. The van der Waals surface area contributed by atoms with Crippen molar-refractivity contribution >= 4 is 33.2 Å². The second-order valence-electron chi connectivity index (χ2n) is 8.21. The Bertz CT molecular complexity index is 1040. The van der Waals surface area contributed by atoms with Gasteiger partial charge in [-0.3, -0.25) is 9.59 Å². The van der Waals surface area contributed by atoms with Crippen LogP contribution in [0.2, 0.25) is 0 Å². The summed E-state index contributed by atoms with van der Waals surface area (Å²) in [4.78, 5) is 25.5. The average Bonchev–Trinajstić information content (AvgIpc) is 3.34. The van der Waals surface area contributed by atoms with Gasteiger partial charge >= 0.3 is 5.97 Å². The molecule has 8 nitrogen and oxygen atoms in total. The summed E-state index contributed by atoms with van der Waals surface area (Å²) in [7, 11) is -2.06. The van der Waals surface area contributed by atoms with Gasteiger partial charge in [0.05, 0.1) is 31.6 Å². The fourth-order valence-electron chi connectivity index (χ4n) is 3.77. The molecule has 180 valence electrons. The van der Waals surface area contributed by atoms with E-state index in [0.29, 0.717) is 25.1 Å². The molecule has 1 aliphatic rings. The summed E-state index contributed by atoms with van der Waals surface area (Å²) in [6, 6.07) is 9.78. The van der Waals surface area contributed by atoms with Crippen LogP contribution in [0.15, 0.2) is 46.0 Å². The zero-order valence-electron chi connectivity index (χ0n) is 19.0. The van der Waals surface area contributed by atoms with E-state index in [1.807, 2.05) is 0 Å². The number of nitrogens with one attached hydrogen (secondary N) is 1. The van der Waals surface area contributed by atoms with Crippen molar-refractivity contribution in [2.45, 2.75) is 49.5 Å². The molecule has 0 aliphatic carbocycles. The second-order valence-corrected chi connectivity index (χ2v) is 11.3. The maximum absolute atomic E-state index is 13.2. The van der Waals surface area contributed by atoms with Crippen molar-refractivity contribution in [3.63, 3.8) is 0 Å².